The molecule has 0 fully saturated rings. The molecule has 1 heterocycles. The van der Waals surface area contributed by atoms with E-state index >= 15 is 0 Å². The van der Waals surface area contributed by atoms with Crippen molar-refractivity contribution in [3.63, 3.8) is 0 Å². The number of benzene rings is 3. The monoisotopic (exact) mass is 448 g/mol. The highest BCUT2D eigenvalue weighted by molar-refractivity contribution is 7.89. The summed E-state index contributed by atoms with van der Waals surface area (Å²) in [5, 5.41) is 1.78. The molecule has 0 radical (unpaired) electrons. The molecule has 0 spiro atoms. The van der Waals surface area contributed by atoms with Gasteiger partial charge in [-0.1, -0.05) is 60.7 Å². The Bertz CT molecular complexity index is 1320. The van der Waals surface area contributed by atoms with Gasteiger partial charge in [0.1, 0.15) is 18.1 Å². The average molecular weight is 449 g/mol. The molecular weight excluding hydrogens is 424 g/mol. The summed E-state index contributed by atoms with van der Waals surface area (Å²) in [6.45, 7) is 0.432. The van der Waals surface area contributed by atoms with Crippen molar-refractivity contribution in [1.82, 2.24) is 15.0 Å². The van der Waals surface area contributed by atoms with E-state index in [1.165, 1.54) is 0 Å². The molecule has 32 heavy (non-hydrogen) atoms. The number of nitrogens with one attached hydrogen (secondary N) is 1. The first-order valence-electron chi connectivity index (χ1n) is 10.2. The Morgan fingerprint density at radius 3 is 2.25 bits per heavy atom. The van der Waals surface area contributed by atoms with E-state index in [-0.39, 0.29) is 18.2 Å². The molecule has 0 atom stereocenters. The van der Waals surface area contributed by atoms with Crippen molar-refractivity contribution in [2.45, 2.75) is 18.8 Å². The van der Waals surface area contributed by atoms with Crippen LogP contribution in [0.4, 0.5) is 5.69 Å². The van der Waals surface area contributed by atoms with E-state index in [0.717, 1.165) is 23.0 Å². The first-order chi connectivity index (χ1) is 15.4. The van der Waals surface area contributed by atoms with E-state index in [4.69, 9.17) is 0 Å². The number of hydrogen-bond donors (Lipinski definition) is 1. The van der Waals surface area contributed by atoms with Crippen LogP contribution in [-0.2, 0) is 33.5 Å². The average Bonchev–Trinajstić information content (AvgIpc) is 3.10. The van der Waals surface area contributed by atoms with Crippen LogP contribution in [0.1, 0.15) is 11.4 Å². The fraction of sp³-hybridized carbons (Fsp3) is 0.167. The maximum absolute atomic E-state index is 13.1. The van der Waals surface area contributed by atoms with Crippen LogP contribution < -0.4 is 10.4 Å². The lowest BCUT2D eigenvalue weighted by Crippen LogP contribution is -2.43. The molecule has 1 N–H and O–H groups in total. The standard InChI is InChI=1S/C24H24N4O3S/c1-32(30,31)18-23-25-21-14-8-9-15-22(21)27(23)17-24(29)26-28(20-12-6-3-7-13-20)16-19-10-4-2-5-11-19/h2-15H,16-18H2,1H3,(H,26,29). The first kappa shape index (κ1) is 21.6. The van der Waals surface area contributed by atoms with Crippen LogP contribution in [0, 0.1) is 0 Å². The van der Waals surface area contributed by atoms with E-state index in [9.17, 15) is 13.2 Å². The van der Waals surface area contributed by atoms with Crippen LogP contribution in [0.2, 0.25) is 0 Å². The zero-order chi connectivity index (χ0) is 22.6. The molecular formula is C24H24N4O3S. The van der Waals surface area contributed by atoms with Crippen molar-refractivity contribution in [1.29, 1.82) is 0 Å². The molecule has 0 bridgehead atoms. The fourth-order valence-electron chi connectivity index (χ4n) is 3.55. The lowest BCUT2D eigenvalue weighted by molar-refractivity contribution is -0.121. The van der Waals surface area contributed by atoms with Crippen molar-refractivity contribution >= 4 is 32.5 Å². The van der Waals surface area contributed by atoms with Gasteiger partial charge in [-0.25, -0.2) is 13.4 Å². The van der Waals surface area contributed by atoms with Crippen LogP contribution in [0.5, 0.6) is 0 Å². The van der Waals surface area contributed by atoms with E-state index in [0.29, 0.717) is 17.9 Å². The molecule has 0 saturated carbocycles. The highest BCUT2D eigenvalue weighted by atomic mass is 32.2. The van der Waals surface area contributed by atoms with Gasteiger partial charge in [0, 0.05) is 6.26 Å². The minimum absolute atomic E-state index is 0.0521. The van der Waals surface area contributed by atoms with Gasteiger partial charge in [0.15, 0.2) is 9.84 Å². The fourth-order valence-corrected chi connectivity index (χ4v) is 4.23. The number of aromatic nitrogens is 2. The minimum Gasteiger partial charge on any atom is -0.318 e. The van der Waals surface area contributed by atoms with Crippen LogP contribution in [0.3, 0.4) is 0 Å². The van der Waals surface area contributed by atoms with Gasteiger partial charge in [-0.2, -0.15) is 0 Å². The molecule has 3 aromatic carbocycles. The maximum Gasteiger partial charge on any atom is 0.258 e. The third kappa shape index (κ3) is 5.33. The molecule has 4 rings (SSSR count). The van der Waals surface area contributed by atoms with Crippen molar-refractivity contribution in [3.05, 3.63) is 96.3 Å². The van der Waals surface area contributed by atoms with Crippen LogP contribution in [0.25, 0.3) is 11.0 Å². The van der Waals surface area contributed by atoms with E-state index in [1.807, 2.05) is 78.9 Å². The molecule has 8 heteroatoms. The van der Waals surface area contributed by atoms with Gasteiger partial charge in [0.05, 0.1) is 23.3 Å². The smallest absolute Gasteiger partial charge is 0.258 e. The molecule has 0 aliphatic rings. The number of amides is 1. The quantitative estimate of drug-likeness (QED) is 0.418. The number of rotatable bonds is 8. The molecule has 0 aliphatic carbocycles. The summed E-state index contributed by atoms with van der Waals surface area (Å²) in [6, 6.07) is 26.7. The number of hydrogen-bond acceptors (Lipinski definition) is 5. The normalized spacial score (nSPS) is 11.4. The number of sulfone groups is 1. The largest absolute Gasteiger partial charge is 0.318 e. The highest BCUT2D eigenvalue weighted by Gasteiger charge is 2.19. The number of nitrogens with zero attached hydrogens (tertiary/aromatic N) is 3. The predicted molar refractivity (Wildman–Crippen MR) is 125 cm³/mol. The zero-order valence-electron chi connectivity index (χ0n) is 17.7. The Hall–Kier alpha value is -3.65. The molecule has 0 unspecified atom stereocenters. The van der Waals surface area contributed by atoms with Crippen LogP contribution in [0.15, 0.2) is 84.9 Å². The van der Waals surface area contributed by atoms with E-state index < -0.39 is 9.84 Å². The highest BCUT2D eigenvalue weighted by Crippen LogP contribution is 2.19. The minimum atomic E-state index is -3.32. The summed E-state index contributed by atoms with van der Waals surface area (Å²) in [7, 11) is -3.32. The van der Waals surface area contributed by atoms with Crippen molar-refractivity contribution in [2.24, 2.45) is 0 Å². The number of fused-ring (bicyclic) bond motifs is 1. The van der Waals surface area contributed by atoms with Gasteiger partial charge < -0.3 is 4.57 Å². The molecule has 7 nitrogen and oxygen atoms in total. The number of carbonyl (C=O) groups is 1. The Morgan fingerprint density at radius 1 is 0.938 bits per heavy atom. The molecule has 1 aromatic heterocycles. The Labute approximate surface area is 187 Å². The zero-order valence-corrected chi connectivity index (χ0v) is 18.5. The SMILES string of the molecule is CS(=O)(=O)Cc1nc2ccccc2n1CC(=O)NN(Cc1ccccc1)c1ccccc1. The number of hydrazine groups is 1. The lowest BCUT2D eigenvalue weighted by Gasteiger charge is -2.26. The van der Waals surface area contributed by atoms with Gasteiger partial charge >= 0.3 is 0 Å². The Balaban J connectivity index is 1.61. The second-order valence-electron chi connectivity index (χ2n) is 7.62. The molecule has 164 valence electrons. The van der Waals surface area contributed by atoms with E-state index in [1.54, 1.807) is 15.6 Å². The third-order valence-electron chi connectivity index (χ3n) is 4.94. The summed E-state index contributed by atoms with van der Waals surface area (Å²) in [5.41, 5.74) is 6.23. The van der Waals surface area contributed by atoms with Crippen molar-refractivity contribution < 1.29 is 13.2 Å². The second-order valence-corrected chi connectivity index (χ2v) is 9.76. The summed E-state index contributed by atoms with van der Waals surface area (Å²) in [6.07, 6.45) is 1.16. The first-order valence-corrected chi connectivity index (χ1v) is 12.2. The third-order valence-corrected chi connectivity index (χ3v) is 5.72. The molecule has 1 amide bonds. The number of imidazole rings is 1. The summed E-state index contributed by atoms with van der Waals surface area (Å²) >= 11 is 0. The van der Waals surface area contributed by atoms with Crippen molar-refractivity contribution in [3.8, 4) is 0 Å². The predicted octanol–water partition coefficient (Wildman–Crippen LogP) is 3.32. The van der Waals surface area contributed by atoms with Gasteiger partial charge in [-0.15, -0.1) is 0 Å². The second kappa shape index (κ2) is 9.23. The van der Waals surface area contributed by atoms with Crippen LogP contribution in [-0.4, -0.2) is 30.1 Å². The van der Waals surface area contributed by atoms with Crippen molar-refractivity contribution in [2.75, 3.05) is 11.3 Å². The molecule has 0 aliphatic heterocycles. The van der Waals surface area contributed by atoms with Gasteiger partial charge in [-0.05, 0) is 29.8 Å². The Morgan fingerprint density at radius 2 is 1.56 bits per heavy atom. The van der Waals surface area contributed by atoms with Crippen LogP contribution >= 0.6 is 0 Å². The number of para-hydroxylation sites is 3. The summed E-state index contributed by atoms with van der Waals surface area (Å²) in [4.78, 5) is 17.5. The summed E-state index contributed by atoms with van der Waals surface area (Å²) in [5.74, 6) is -0.165. The number of anilines is 1. The topological polar surface area (TPSA) is 84.3 Å². The molecule has 4 aromatic rings. The summed E-state index contributed by atoms with van der Waals surface area (Å²) < 4.78 is 25.5. The Kier molecular flexibility index (Phi) is 6.23. The lowest BCUT2D eigenvalue weighted by atomic mass is 10.2. The van der Waals surface area contributed by atoms with E-state index in [2.05, 4.69) is 10.4 Å². The van der Waals surface area contributed by atoms with Gasteiger partial charge in [0.25, 0.3) is 5.91 Å². The van der Waals surface area contributed by atoms with Gasteiger partial charge in [0.2, 0.25) is 0 Å². The van der Waals surface area contributed by atoms with Gasteiger partial charge in [-0.3, -0.25) is 15.2 Å². The maximum atomic E-state index is 13.1. The number of carbonyl (C=O) groups excluding carboxylic acids is 1. The molecule has 0 saturated heterocycles.